The summed E-state index contributed by atoms with van der Waals surface area (Å²) in [5.41, 5.74) is 2.74. The SMILES string of the molecule is CCOc1cccc([C@@H]2OC(CCn3c4ccccc4c4ccccc43)=NN2C(C)=O)c1OC(C)=O. The van der Waals surface area contributed by atoms with Crippen molar-refractivity contribution in [3.05, 3.63) is 72.3 Å². The van der Waals surface area contributed by atoms with Crippen LogP contribution in [0, 0.1) is 0 Å². The molecule has 1 amide bonds. The van der Waals surface area contributed by atoms with E-state index in [0.717, 1.165) is 11.0 Å². The highest BCUT2D eigenvalue weighted by molar-refractivity contribution is 6.08. The highest BCUT2D eigenvalue weighted by Gasteiger charge is 2.35. The summed E-state index contributed by atoms with van der Waals surface area (Å²) in [4.78, 5) is 24.3. The van der Waals surface area contributed by atoms with Crippen molar-refractivity contribution in [2.45, 2.75) is 40.0 Å². The van der Waals surface area contributed by atoms with Crippen LogP contribution >= 0.6 is 0 Å². The monoisotopic (exact) mass is 485 g/mol. The van der Waals surface area contributed by atoms with Gasteiger partial charge < -0.3 is 18.8 Å². The second-order valence-corrected chi connectivity index (χ2v) is 8.46. The molecule has 0 N–H and O–H groups in total. The summed E-state index contributed by atoms with van der Waals surface area (Å²) in [6, 6.07) is 21.8. The summed E-state index contributed by atoms with van der Waals surface area (Å²) in [5, 5.41) is 8.13. The number of fused-ring (bicyclic) bond motifs is 3. The van der Waals surface area contributed by atoms with Crippen molar-refractivity contribution in [3.8, 4) is 11.5 Å². The Balaban J connectivity index is 1.45. The first-order valence-corrected chi connectivity index (χ1v) is 11.9. The van der Waals surface area contributed by atoms with Gasteiger partial charge in [0.15, 0.2) is 11.5 Å². The number of rotatable bonds is 7. The zero-order valence-corrected chi connectivity index (χ0v) is 20.4. The van der Waals surface area contributed by atoms with Gasteiger partial charge >= 0.3 is 5.97 Å². The van der Waals surface area contributed by atoms with E-state index in [1.54, 1.807) is 18.2 Å². The lowest BCUT2D eigenvalue weighted by Gasteiger charge is -2.22. The van der Waals surface area contributed by atoms with Crippen LogP contribution in [0.4, 0.5) is 0 Å². The van der Waals surface area contributed by atoms with Crippen LogP contribution < -0.4 is 9.47 Å². The molecule has 1 aliphatic rings. The van der Waals surface area contributed by atoms with E-state index in [9.17, 15) is 9.59 Å². The molecule has 36 heavy (non-hydrogen) atoms. The van der Waals surface area contributed by atoms with Crippen LogP contribution in [-0.4, -0.2) is 34.0 Å². The molecule has 0 unspecified atom stereocenters. The molecule has 0 radical (unpaired) electrons. The van der Waals surface area contributed by atoms with Gasteiger partial charge in [0.2, 0.25) is 18.0 Å². The number of nitrogens with zero attached hydrogens (tertiary/aromatic N) is 3. The molecule has 0 bridgehead atoms. The van der Waals surface area contributed by atoms with Gasteiger partial charge in [-0.1, -0.05) is 42.5 Å². The lowest BCUT2D eigenvalue weighted by molar-refractivity contribution is -0.135. The molecule has 2 heterocycles. The molecule has 4 aromatic rings. The van der Waals surface area contributed by atoms with E-state index < -0.39 is 12.2 Å². The molecule has 1 aliphatic heterocycles. The number of para-hydroxylation sites is 3. The van der Waals surface area contributed by atoms with Crippen molar-refractivity contribution in [3.63, 3.8) is 0 Å². The Hall–Kier alpha value is -4.33. The molecule has 1 aromatic heterocycles. The molecular weight excluding hydrogens is 458 g/mol. The minimum atomic E-state index is -0.870. The summed E-state index contributed by atoms with van der Waals surface area (Å²) in [6.07, 6.45) is -0.401. The van der Waals surface area contributed by atoms with Crippen molar-refractivity contribution >= 4 is 39.6 Å². The molecule has 5 rings (SSSR count). The van der Waals surface area contributed by atoms with Gasteiger partial charge in [0.25, 0.3) is 0 Å². The largest absolute Gasteiger partial charge is 0.490 e. The van der Waals surface area contributed by atoms with Gasteiger partial charge in [0, 0.05) is 48.6 Å². The first kappa shape index (κ1) is 23.4. The topological polar surface area (TPSA) is 82.4 Å². The van der Waals surface area contributed by atoms with Crippen LogP contribution in [0.25, 0.3) is 21.8 Å². The van der Waals surface area contributed by atoms with Crippen LogP contribution in [0.15, 0.2) is 71.8 Å². The number of carbonyl (C=O) groups is 2. The molecule has 8 nitrogen and oxygen atoms in total. The van der Waals surface area contributed by atoms with E-state index >= 15 is 0 Å². The maximum Gasteiger partial charge on any atom is 0.308 e. The standard InChI is InChI=1S/C28H27N3O5/c1-4-34-25-15-9-12-22(27(25)35-19(3)33)28-31(18(2)32)29-26(36-28)16-17-30-23-13-7-5-10-20(23)21-11-6-8-14-24(21)30/h5-15,28H,4,16-17H2,1-3H3/t28-/m0/s1. The van der Waals surface area contributed by atoms with Crippen molar-refractivity contribution in [2.75, 3.05) is 6.61 Å². The highest BCUT2D eigenvalue weighted by Crippen LogP contribution is 2.40. The van der Waals surface area contributed by atoms with Gasteiger partial charge in [-0.25, -0.2) is 0 Å². The van der Waals surface area contributed by atoms with Crippen LogP contribution in [0.1, 0.15) is 39.0 Å². The second kappa shape index (κ2) is 9.73. The summed E-state index contributed by atoms with van der Waals surface area (Å²) in [7, 11) is 0. The quantitative estimate of drug-likeness (QED) is 0.259. The highest BCUT2D eigenvalue weighted by atomic mass is 16.6. The van der Waals surface area contributed by atoms with Crippen LogP contribution in [0.2, 0.25) is 0 Å². The normalized spacial score (nSPS) is 15.1. The number of ether oxygens (including phenoxy) is 3. The molecule has 0 spiro atoms. The Morgan fingerprint density at radius 3 is 2.22 bits per heavy atom. The second-order valence-electron chi connectivity index (χ2n) is 8.46. The number of esters is 1. The molecule has 3 aromatic carbocycles. The number of benzene rings is 3. The van der Waals surface area contributed by atoms with Gasteiger partial charge in [-0.05, 0) is 31.2 Å². The smallest absolute Gasteiger partial charge is 0.308 e. The first-order chi connectivity index (χ1) is 17.5. The van der Waals surface area contributed by atoms with Crippen molar-refractivity contribution in [1.29, 1.82) is 0 Å². The Morgan fingerprint density at radius 2 is 1.61 bits per heavy atom. The average Bonchev–Trinajstić information content (AvgIpc) is 3.43. The van der Waals surface area contributed by atoms with Crippen LogP contribution in [0.3, 0.4) is 0 Å². The first-order valence-electron chi connectivity index (χ1n) is 11.9. The molecule has 0 saturated carbocycles. The van der Waals surface area contributed by atoms with Crippen LogP contribution in [-0.2, 0) is 20.9 Å². The third-order valence-corrected chi connectivity index (χ3v) is 6.06. The number of amides is 1. The molecule has 1 atom stereocenters. The Labute approximate surface area is 208 Å². The predicted octanol–water partition coefficient (Wildman–Crippen LogP) is 5.40. The molecule has 0 fully saturated rings. The van der Waals surface area contributed by atoms with E-state index in [1.165, 1.54) is 29.6 Å². The fourth-order valence-electron chi connectivity index (χ4n) is 4.62. The van der Waals surface area contributed by atoms with Crippen molar-refractivity contribution in [2.24, 2.45) is 5.10 Å². The third kappa shape index (κ3) is 4.26. The van der Waals surface area contributed by atoms with Crippen molar-refractivity contribution < 1.29 is 23.8 Å². The fourth-order valence-corrected chi connectivity index (χ4v) is 4.62. The van der Waals surface area contributed by atoms with Crippen molar-refractivity contribution in [1.82, 2.24) is 9.58 Å². The number of hydrogen-bond acceptors (Lipinski definition) is 6. The third-order valence-electron chi connectivity index (χ3n) is 6.06. The lowest BCUT2D eigenvalue weighted by Crippen LogP contribution is -2.26. The summed E-state index contributed by atoms with van der Waals surface area (Å²) in [6.45, 7) is 5.58. The maximum absolute atomic E-state index is 12.5. The summed E-state index contributed by atoms with van der Waals surface area (Å²) >= 11 is 0. The van der Waals surface area contributed by atoms with E-state index in [0.29, 0.717) is 36.8 Å². The number of hydrazone groups is 1. The zero-order valence-electron chi connectivity index (χ0n) is 20.4. The maximum atomic E-state index is 12.5. The van der Waals surface area contributed by atoms with Gasteiger partial charge in [0.05, 0.1) is 12.2 Å². The average molecular weight is 486 g/mol. The number of carbonyl (C=O) groups excluding carboxylic acids is 2. The van der Waals surface area contributed by atoms with Gasteiger partial charge in [-0.15, -0.1) is 5.10 Å². The van der Waals surface area contributed by atoms with Gasteiger partial charge in [0.1, 0.15) is 0 Å². The zero-order chi connectivity index (χ0) is 25.2. The molecule has 184 valence electrons. The predicted molar refractivity (Wildman–Crippen MR) is 137 cm³/mol. The molecular formula is C28H27N3O5. The Morgan fingerprint density at radius 1 is 0.944 bits per heavy atom. The molecule has 0 aliphatic carbocycles. The number of aromatic nitrogens is 1. The van der Waals surface area contributed by atoms with E-state index in [4.69, 9.17) is 14.2 Å². The Bertz CT molecular complexity index is 1440. The fraction of sp³-hybridized carbons (Fsp3) is 0.250. The minimum Gasteiger partial charge on any atom is -0.490 e. The van der Waals surface area contributed by atoms with Crippen LogP contribution in [0.5, 0.6) is 11.5 Å². The van der Waals surface area contributed by atoms with E-state index in [-0.39, 0.29) is 11.7 Å². The summed E-state index contributed by atoms with van der Waals surface area (Å²) < 4.78 is 19.6. The van der Waals surface area contributed by atoms with Gasteiger partial charge in [-0.2, -0.15) is 5.01 Å². The molecule has 8 heteroatoms. The lowest BCUT2D eigenvalue weighted by atomic mass is 10.1. The minimum absolute atomic E-state index is 0.224. The van der Waals surface area contributed by atoms with E-state index in [1.807, 2.05) is 31.2 Å². The number of aryl methyl sites for hydroxylation is 1. The van der Waals surface area contributed by atoms with E-state index in [2.05, 4.69) is 33.9 Å². The molecule has 0 saturated heterocycles. The summed E-state index contributed by atoms with van der Waals surface area (Å²) in [5.74, 6) is 0.261. The Kier molecular flexibility index (Phi) is 6.33. The number of hydrogen-bond donors (Lipinski definition) is 0. The van der Waals surface area contributed by atoms with Gasteiger partial charge in [-0.3, -0.25) is 9.59 Å².